The molecule has 1 heterocycles. The molecule has 9 atom stereocenters. The Hall–Kier alpha value is -2.34. The van der Waals surface area contributed by atoms with Crippen molar-refractivity contribution >= 4 is 17.6 Å². The average Bonchev–Trinajstić information content (AvgIpc) is 3.71. The van der Waals surface area contributed by atoms with Crippen molar-refractivity contribution in [1.29, 1.82) is 0 Å². The molecule has 1 aromatic rings. The molecule has 0 radical (unpaired) electrons. The van der Waals surface area contributed by atoms with Gasteiger partial charge in [-0.05, 0) is 153 Å². The molecule has 1 aromatic carbocycles. The fourth-order valence-electron chi connectivity index (χ4n) is 12.9. The fraction of sp³-hybridized carbons (Fsp3) is 0.750. The van der Waals surface area contributed by atoms with Gasteiger partial charge in [-0.15, -0.1) is 0 Å². The number of likely N-dealkylation sites (tertiary alicyclic amines) is 1. The predicted octanol–water partition coefficient (Wildman–Crippen LogP) is 8.33. The number of nitrogens with zero attached hydrogens (tertiary/aromatic N) is 2. The SMILES string of the molecule is CC1C(c2ccc(C(=O)O)cc2)=CCC2(C)C1CCC1(C)C2CCC2C3CCCC3(NC(=O)N(C)CCN3CCCC3)CC[C@]21C. The number of rotatable bonds is 6. The van der Waals surface area contributed by atoms with Crippen LogP contribution in [0.4, 0.5) is 4.79 Å². The number of carboxylic acids is 1. The number of carbonyl (C=O) groups excluding carboxylic acids is 1. The molecule has 7 rings (SSSR count). The minimum absolute atomic E-state index is 0.0271. The van der Waals surface area contributed by atoms with E-state index in [1.54, 1.807) is 12.1 Å². The summed E-state index contributed by atoms with van der Waals surface area (Å²) in [5, 5.41) is 13.1. The minimum atomic E-state index is -0.861. The molecule has 5 aliphatic carbocycles. The molecule has 6 aliphatic rings. The molecule has 2 N–H and O–H groups in total. The average molecular weight is 630 g/mol. The van der Waals surface area contributed by atoms with E-state index in [0.717, 1.165) is 32.4 Å². The van der Waals surface area contributed by atoms with E-state index in [1.165, 1.54) is 82.0 Å². The van der Waals surface area contributed by atoms with Crippen LogP contribution in [0.25, 0.3) is 5.57 Å². The topological polar surface area (TPSA) is 72.9 Å². The largest absolute Gasteiger partial charge is 0.478 e. The number of allylic oxidation sites excluding steroid dienone is 2. The van der Waals surface area contributed by atoms with Crippen molar-refractivity contribution in [2.24, 2.45) is 45.8 Å². The van der Waals surface area contributed by atoms with Gasteiger partial charge in [0.15, 0.2) is 0 Å². The van der Waals surface area contributed by atoms with Crippen molar-refractivity contribution < 1.29 is 14.7 Å². The van der Waals surface area contributed by atoms with Crippen LogP contribution in [0, 0.1) is 45.8 Å². The third-order valence-electron chi connectivity index (χ3n) is 15.7. The highest BCUT2D eigenvalue weighted by Gasteiger charge is 2.68. The van der Waals surface area contributed by atoms with Crippen LogP contribution >= 0.6 is 0 Å². The molecule has 6 heteroatoms. The van der Waals surface area contributed by atoms with Crippen LogP contribution in [-0.4, -0.2) is 65.7 Å². The molecule has 0 spiro atoms. The van der Waals surface area contributed by atoms with Gasteiger partial charge in [0.2, 0.25) is 0 Å². The molecule has 8 unspecified atom stereocenters. The molecule has 2 amide bonds. The Morgan fingerprint density at radius 1 is 0.891 bits per heavy atom. The number of urea groups is 1. The van der Waals surface area contributed by atoms with Gasteiger partial charge in [0.1, 0.15) is 0 Å². The van der Waals surface area contributed by atoms with Gasteiger partial charge in [0, 0.05) is 25.7 Å². The van der Waals surface area contributed by atoms with E-state index < -0.39 is 5.97 Å². The van der Waals surface area contributed by atoms with Crippen molar-refractivity contribution in [3.8, 4) is 0 Å². The van der Waals surface area contributed by atoms with Gasteiger partial charge in [0.05, 0.1) is 5.56 Å². The van der Waals surface area contributed by atoms with E-state index in [9.17, 15) is 14.7 Å². The molecule has 5 fully saturated rings. The number of carboxylic acid groups (broad SMARTS) is 1. The number of amides is 2. The number of hydrogen-bond donors (Lipinski definition) is 2. The van der Waals surface area contributed by atoms with Gasteiger partial charge in [-0.25, -0.2) is 9.59 Å². The zero-order valence-corrected chi connectivity index (χ0v) is 29.2. The smallest absolute Gasteiger partial charge is 0.335 e. The van der Waals surface area contributed by atoms with Gasteiger partial charge in [-0.1, -0.05) is 52.3 Å². The van der Waals surface area contributed by atoms with Crippen LogP contribution in [0.1, 0.15) is 121 Å². The van der Waals surface area contributed by atoms with Gasteiger partial charge < -0.3 is 20.2 Å². The van der Waals surface area contributed by atoms with Crippen molar-refractivity contribution in [3.05, 3.63) is 41.5 Å². The second kappa shape index (κ2) is 11.7. The van der Waals surface area contributed by atoms with Crippen LogP contribution in [0.15, 0.2) is 30.3 Å². The maximum atomic E-state index is 13.7. The lowest BCUT2D eigenvalue weighted by Crippen LogP contribution is -2.67. The summed E-state index contributed by atoms with van der Waals surface area (Å²) in [7, 11) is 2.00. The lowest BCUT2D eigenvalue weighted by molar-refractivity contribution is -0.210. The standard InChI is InChI=1S/C40H59N3O3/c1-27-30(28-10-12-29(13-11-28)35(44)45)16-19-37(2)31(27)17-20-39(4)34(37)15-14-32-33-9-8-18-40(33,22-21-38(32,39)3)41-36(46)42(5)25-26-43-23-6-7-24-43/h10-13,16,27,31-34H,6-9,14-15,17-26H2,1-5H3,(H,41,46)(H,44,45)/t27?,31?,32?,33?,34?,37?,38-,39?,40?/m1/s1. The summed E-state index contributed by atoms with van der Waals surface area (Å²) < 4.78 is 0. The molecule has 1 aliphatic heterocycles. The molecule has 252 valence electrons. The van der Waals surface area contributed by atoms with Gasteiger partial charge in [-0.3, -0.25) is 0 Å². The van der Waals surface area contributed by atoms with Gasteiger partial charge in [-0.2, -0.15) is 0 Å². The van der Waals surface area contributed by atoms with Crippen molar-refractivity contribution in [2.45, 2.75) is 110 Å². The van der Waals surface area contributed by atoms with Crippen LogP contribution < -0.4 is 5.32 Å². The number of nitrogens with one attached hydrogen (secondary N) is 1. The highest BCUT2D eigenvalue weighted by molar-refractivity contribution is 5.88. The van der Waals surface area contributed by atoms with Gasteiger partial charge >= 0.3 is 12.0 Å². The monoisotopic (exact) mass is 629 g/mol. The Morgan fingerprint density at radius 2 is 1.63 bits per heavy atom. The number of benzene rings is 1. The molecule has 1 saturated heterocycles. The summed E-state index contributed by atoms with van der Waals surface area (Å²) in [6, 6.07) is 7.72. The normalized spacial score (nSPS) is 41.8. The summed E-state index contributed by atoms with van der Waals surface area (Å²) in [6.45, 7) is 14.6. The lowest BCUT2D eigenvalue weighted by atomic mass is 9.34. The summed E-state index contributed by atoms with van der Waals surface area (Å²) >= 11 is 0. The van der Waals surface area contributed by atoms with E-state index in [4.69, 9.17) is 0 Å². The third-order valence-corrected chi connectivity index (χ3v) is 15.7. The first kappa shape index (κ1) is 32.2. The zero-order chi connectivity index (χ0) is 32.5. The van der Waals surface area contributed by atoms with Gasteiger partial charge in [0.25, 0.3) is 0 Å². The first-order valence-corrected chi connectivity index (χ1v) is 18.7. The summed E-state index contributed by atoms with van der Waals surface area (Å²) in [5.74, 6) is 2.23. The van der Waals surface area contributed by atoms with E-state index in [-0.39, 0.29) is 17.0 Å². The summed E-state index contributed by atoms with van der Waals surface area (Å²) in [5.41, 5.74) is 3.82. The van der Waals surface area contributed by atoms with E-state index in [0.29, 0.717) is 46.0 Å². The molecule has 0 bridgehead atoms. The molecule has 6 nitrogen and oxygen atoms in total. The Labute approximate surface area is 277 Å². The van der Waals surface area contributed by atoms with Crippen LogP contribution in [0.5, 0.6) is 0 Å². The van der Waals surface area contributed by atoms with Crippen LogP contribution in [0.3, 0.4) is 0 Å². The van der Waals surface area contributed by atoms with E-state index >= 15 is 0 Å². The van der Waals surface area contributed by atoms with Crippen molar-refractivity contribution in [3.63, 3.8) is 0 Å². The second-order valence-electron chi connectivity index (χ2n) is 17.3. The molecule has 46 heavy (non-hydrogen) atoms. The number of aromatic carboxylic acids is 1. The lowest BCUT2D eigenvalue weighted by Gasteiger charge is -2.71. The van der Waals surface area contributed by atoms with E-state index in [1.807, 2.05) is 24.1 Å². The highest BCUT2D eigenvalue weighted by atomic mass is 16.4. The quantitative estimate of drug-likeness (QED) is 0.332. The summed E-state index contributed by atoms with van der Waals surface area (Å²) in [4.78, 5) is 29.6. The second-order valence-corrected chi connectivity index (χ2v) is 17.3. The molecular weight excluding hydrogens is 570 g/mol. The maximum Gasteiger partial charge on any atom is 0.335 e. The maximum absolute atomic E-state index is 13.7. The Bertz CT molecular complexity index is 1370. The van der Waals surface area contributed by atoms with Crippen LogP contribution in [0.2, 0.25) is 0 Å². The molecule has 0 aromatic heterocycles. The van der Waals surface area contributed by atoms with Crippen molar-refractivity contribution in [1.82, 2.24) is 15.1 Å². The number of fused-ring (bicyclic) bond motifs is 7. The minimum Gasteiger partial charge on any atom is -0.478 e. The van der Waals surface area contributed by atoms with E-state index in [2.05, 4.69) is 44.0 Å². The Kier molecular flexibility index (Phi) is 8.17. The fourth-order valence-corrected chi connectivity index (χ4v) is 12.9. The third kappa shape index (κ3) is 4.89. The highest BCUT2D eigenvalue weighted by Crippen LogP contribution is 2.75. The number of likely N-dealkylation sites (N-methyl/N-ethyl adjacent to an activating group) is 1. The Morgan fingerprint density at radius 3 is 2.35 bits per heavy atom. The first-order chi connectivity index (χ1) is 21.9. The number of hydrogen-bond acceptors (Lipinski definition) is 3. The predicted molar refractivity (Wildman–Crippen MR) is 185 cm³/mol. The molecular formula is C40H59N3O3. The number of carbonyl (C=O) groups is 2. The first-order valence-electron chi connectivity index (χ1n) is 18.7. The Balaban J connectivity index is 1.09. The van der Waals surface area contributed by atoms with Crippen molar-refractivity contribution in [2.75, 3.05) is 33.2 Å². The zero-order valence-electron chi connectivity index (χ0n) is 29.2. The molecule has 4 saturated carbocycles. The summed E-state index contributed by atoms with van der Waals surface area (Å²) in [6.07, 6.45) is 17.4. The van der Waals surface area contributed by atoms with Crippen LogP contribution in [-0.2, 0) is 0 Å².